The van der Waals surface area contributed by atoms with Crippen molar-refractivity contribution in [1.29, 1.82) is 0 Å². The molecule has 6 nitrogen and oxygen atoms in total. The van der Waals surface area contributed by atoms with Crippen molar-refractivity contribution in [3.05, 3.63) is 53.9 Å². The van der Waals surface area contributed by atoms with E-state index in [-0.39, 0.29) is 12.5 Å². The van der Waals surface area contributed by atoms with Crippen LogP contribution in [0.25, 0.3) is 0 Å². The Bertz CT molecular complexity index is 649. The summed E-state index contributed by atoms with van der Waals surface area (Å²) in [5.41, 5.74) is 2.04. The lowest BCUT2D eigenvalue weighted by Gasteiger charge is -2.09. The molecule has 0 saturated carbocycles. The summed E-state index contributed by atoms with van der Waals surface area (Å²) in [5.74, 6) is -1.32. The van der Waals surface area contributed by atoms with E-state index in [0.29, 0.717) is 17.9 Å². The molecule has 0 bridgehead atoms. The zero-order chi connectivity index (χ0) is 15.2. The predicted molar refractivity (Wildman–Crippen MR) is 79.2 cm³/mol. The molecule has 110 valence electrons. The largest absolute Gasteiger partial charge is 0.480 e. The van der Waals surface area contributed by atoms with Crippen molar-refractivity contribution in [3.63, 3.8) is 0 Å². The molecule has 0 fully saturated rings. The van der Waals surface area contributed by atoms with Gasteiger partial charge in [0.2, 0.25) is 0 Å². The highest BCUT2D eigenvalue weighted by Gasteiger charge is 2.12. The number of anilines is 1. The van der Waals surface area contributed by atoms with Crippen molar-refractivity contribution in [2.24, 2.45) is 0 Å². The third-order valence-corrected chi connectivity index (χ3v) is 2.93. The number of amides is 1. The van der Waals surface area contributed by atoms with Crippen LogP contribution in [-0.2, 0) is 17.9 Å². The number of aromatic nitrogens is 1. The van der Waals surface area contributed by atoms with Gasteiger partial charge in [-0.25, -0.2) is 0 Å². The highest BCUT2D eigenvalue weighted by atomic mass is 16.4. The number of nitrogens with one attached hydrogen (secondary N) is 2. The smallest absolute Gasteiger partial charge is 0.323 e. The van der Waals surface area contributed by atoms with Crippen molar-refractivity contribution in [2.45, 2.75) is 13.1 Å². The van der Waals surface area contributed by atoms with Crippen LogP contribution < -0.4 is 10.6 Å². The first-order valence-electron chi connectivity index (χ1n) is 6.52. The quantitative estimate of drug-likeness (QED) is 0.752. The SMILES string of the molecule is CNCc1cccc(NC(=O)c2cccn2CC(=O)O)c1. The number of aliphatic carboxylic acids is 1. The molecule has 3 N–H and O–H groups in total. The molecule has 1 amide bonds. The summed E-state index contributed by atoms with van der Waals surface area (Å²) in [7, 11) is 1.85. The van der Waals surface area contributed by atoms with Crippen molar-refractivity contribution >= 4 is 17.6 Å². The van der Waals surface area contributed by atoms with Gasteiger partial charge in [-0.2, -0.15) is 0 Å². The Morgan fingerprint density at radius 1 is 1.24 bits per heavy atom. The average Bonchev–Trinajstić information content (AvgIpc) is 2.87. The Balaban J connectivity index is 2.13. The van der Waals surface area contributed by atoms with Crippen LogP contribution in [0.3, 0.4) is 0 Å². The van der Waals surface area contributed by atoms with Gasteiger partial charge in [0.25, 0.3) is 5.91 Å². The summed E-state index contributed by atoms with van der Waals surface area (Å²) in [6, 6.07) is 10.7. The third-order valence-electron chi connectivity index (χ3n) is 2.93. The number of hydrogen-bond donors (Lipinski definition) is 3. The lowest BCUT2D eigenvalue weighted by atomic mass is 10.2. The molecule has 1 aromatic heterocycles. The van der Waals surface area contributed by atoms with Gasteiger partial charge in [0, 0.05) is 18.4 Å². The molecule has 21 heavy (non-hydrogen) atoms. The highest BCUT2D eigenvalue weighted by molar-refractivity contribution is 6.03. The second-order valence-electron chi connectivity index (χ2n) is 4.60. The molecule has 0 unspecified atom stereocenters. The number of carboxylic acid groups (broad SMARTS) is 1. The molecule has 1 heterocycles. The molecule has 0 radical (unpaired) electrons. The molecule has 0 saturated heterocycles. The fourth-order valence-electron chi connectivity index (χ4n) is 2.06. The van der Waals surface area contributed by atoms with Crippen LogP contribution in [0.2, 0.25) is 0 Å². The molecule has 0 spiro atoms. The summed E-state index contributed by atoms with van der Waals surface area (Å²) >= 11 is 0. The van der Waals surface area contributed by atoms with Gasteiger partial charge < -0.3 is 20.3 Å². The first-order valence-corrected chi connectivity index (χ1v) is 6.52. The predicted octanol–water partition coefficient (Wildman–Crippen LogP) is 1.54. The van der Waals surface area contributed by atoms with E-state index in [0.717, 1.165) is 5.56 Å². The Morgan fingerprint density at radius 2 is 2.05 bits per heavy atom. The van der Waals surface area contributed by atoms with Gasteiger partial charge in [0.05, 0.1) is 0 Å². The molecular formula is C15H17N3O3. The van der Waals surface area contributed by atoms with Crippen LogP contribution in [0.5, 0.6) is 0 Å². The lowest BCUT2D eigenvalue weighted by molar-refractivity contribution is -0.137. The number of hydrogen-bond acceptors (Lipinski definition) is 3. The van der Waals surface area contributed by atoms with Gasteiger partial charge in [-0.3, -0.25) is 9.59 Å². The molecule has 0 aliphatic carbocycles. The molecule has 1 aromatic carbocycles. The first-order chi connectivity index (χ1) is 10.1. The Kier molecular flexibility index (Phi) is 4.73. The third kappa shape index (κ3) is 3.93. The Hall–Kier alpha value is -2.60. The molecule has 0 aliphatic heterocycles. The first kappa shape index (κ1) is 14.8. The summed E-state index contributed by atoms with van der Waals surface area (Å²) in [4.78, 5) is 23.0. The fraction of sp³-hybridized carbons (Fsp3) is 0.200. The van der Waals surface area contributed by atoms with Crippen molar-refractivity contribution in [3.8, 4) is 0 Å². The number of benzene rings is 1. The van der Waals surface area contributed by atoms with Crippen LogP contribution in [0.4, 0.5) is 5.69 Å². The molecular weight excluding hydrogens is 270 g/mol. The molecule has 0 atom stereocenters. The van der Waals surface area contributed by atoms with E-state index in [4.69, 9.17) is 5.11 Å². The van der Waals surface area contributed by atoms with Gasteiger partial charge in [-0.05, 0) is 36.9 Å². The standard InChI is InChI=1S/C15H17N3O3/c1-16-9-11-4-2-5-12(8-11)17-15(21)13-6-3-7-18(13)10-14(19)20/h2-8,16H,9-10H2,1H3,(H,17,21)(H,19,20). The van der Waals surface area contributed by atoms with Gasteiger partial charge in [-0.1, -0.05) is 12.1 Å². The Labute approximate surface area is 122 Å². The van der Waals surface area contributed by atoms with E-state index >= 15 is 0 Å². The number of carbonyl (C=O) groups excluding carboxylic acids is 1. The van der Waals surface area contributed by atoms with E-state index in [1.165, 1.54) is 4.57 Å². The molecule has 0 aliphatic rings. The summed E-state index contributed by atoms with van der Waals surface area (Å²) < 4.78 is 1.40. The normalized spacial score (nSPS) is 10.3. The molecule has 2 rings (SSSR count). The van der Waals surface area contributed by atoms with E-state index < -0.39 is 5.97 Å². The number of nitrogens with zero attached hydrogens (tertiary/aromatic N) is 1. The van der Waals surface area contributed by atoms with Crippen molar-refractivity contribution < 1.29 is 14.7 Å². The van der Waals surface area contributed by atoms with Crippen molar-refractivity contribution in [2.75, 3.05) is 12.4 Å². The minimum absolute atomic E-state index is 0.241. The zero-order valence-electron chi connectivity index (χ0n) is 11.7. The topological polar surface area (TPSA) is 83.4 Å². The number of carboxylic acids is 1. The maximum atomic E-state index is 12.2. The van der Waals surface area contributed by atoms with E-state index in [1.54, 1.807) is 24.4 Å². The second kappa shape index (κ2) is 6.71. The maximum Gasteiger partial charge on any atom is 0.323 e. The van der Waals surface area contributed by atoms with Gasteiger partial charge >= 0.3 is 5.97 Å². The summed E-state index contributed by atoms with van der Waals surface area (Å²) in [6.45, 7) is 0.467. The van der Waals surface area contributed by atoms with E-state index in [1.807, 2.05) is 25.2 Å². The van der Waals surface area contributed by atoms with Crippen LogP contribution in [-0.4, -0.2) is 28.6 Å². The van der Waals surface area contributed by atoms with Gasteiger partial charge in [0.1, 0.15) is 12.2 Å². The second-order valence-corrected chi connectivity index (χ2v) is 4.60. The summed E-state index contributed by atoms with van der Waals surface area (Å²) in [5, 5.41) is 14.6. The average molecular weight is 287 g/mol. The zero-order valence-corrected chi connectivity index (χ0v) is 11.7. The number of rotatable bonds is 6. The molecule has 2 aromatic rings. The molecule has 6 heteroatoms. The Morgan fingerprint density at radius 3 is 2.76 bits per heavy atom. The summed E-state index contributed by atoms with van der Waals surface area (Å²) in [6.07, 6.45) is 1.57. The van der Waals surface area contributed by atoms with Crippen LogP contribution >= 0.6 is 0 Å². The monoisotopic (exact) mass is 287 g/mol. The van der Waals surface area contributed by atoms with Gasteiger partial charge in [-0.15, -0.1) is 0 Å². The van der Waals surface area contributed by atoms with E-state index in [2.05, 4.69) is 10.6 Å². The number of carbonyl (C=O) groups is 2. The van der Waals surface area contributed by atoms with Gasteiger partial charge in [0.15, 0.2) is 0 Å². The maximum absolute atomic E-state index is 12.2. The minimum Gasteiger partial charge on any atom is -0.480 e. The fourth-order valence-corrected chi connectivity index (χ4v) is 2.06. The van der Waals surface area contributed by atoms with E-state index in [9.17, 15) is 9.59 Å². The van der Waals surface area contributed by atoms with Crippen LogP contribution in [0, 0.1) is 0 Å². The lowest BCUT2D eigenvalue weighted by Crippen LogP contribution is -2.19. The van der Waals surface area contributed by atoms with Crippen LogP contribution in [0.15, 0.2) is 42.6 Å². The minimum atomic E-state index is -0.990. The van der Waals surface area contributed by atoms with Crippen molar-refractivity contribution in [1.82, 2.24) is 9.88 Å². The van der Waals surface area contributed by atoms with Crippen LogP contribution in [0.1, 0.15) is 16.1 Å². The highest BCUT2D eigenvalue weighted by Crippen LogP contribution is 2.13.